The molecule has 2 aromatic rings. The monoisotopic (exact) mass is 299 g/mol. The zero-order valence-electron chi connectivity index (χ0n) is 10.4. The summed E-state index contributed by atoms with van der Waals surface area (Å²) in [5, 5.41) is 9.18. The van der Waals surface area contributed by atoms with E-state index in [1.807, 2.05) is 0 Å². The van der Waals surface area contributed by atoms with Crippen molar-refractivity contribution in [3.63, 3.8) is 0 Å². The fraction of sp³-hybridized carbons (Fsp3) is 0.0714. The molecule has 0 aliphatic heterocycles. The van der Waals surface area contributed by atoms with Crippen molar-refractivity contribution in [3.05, 3.63) is 59.9 Å². The van der Waals surface area contributed by atoms with E-state index in [0.717, 1.165) is 0 Å². The first-order chi connectivity index (χ1) is 9.80. The van der Waals surface area contributed by atoms with Gasteiger partial charge in [-0.05, 0) is 30.3 Å². The first-order valence-electron chi connectivity index (χ1n) is 5.75. The van der Waals surface area contributed by atoms with Gasteiger partial charge in [-0.15, -0.1) is 0 Å². The first kappa shape index (κ1) is 14.8. The van der Waals surface area contributed by atoms with Gasteiger partial charge in [-0.1, -0.05) is 18.2 Å². The molecule has 0 heterocycles. The molecule has 0 radical (unpaired) electrons. The maximum absolute atomic E-state index is 13.8. The van der Waals surface area contributed by atoms with Crippen LogP contribution in [0.1, 0.15) is 5.56 Å². The van der Waals surface area contributed by atoms with Crippen LogP contribution < -0.4 is 4.90 Å². The van der Waals surface area contributed by atoms with Gasteiger partial charge in [0.2, 0.25) is 0 Å². The Bertz CT molecular complexity index is 656. The maximum atomic E-state index is 13.8. The molecule has 0 unspecified atom stereocenters. The van der Waals surface area contributed by atoms with E-state index < -0.39 is 29.3 Å². The van der Waals surface area contributed by atoms with E-state index in [1.54, 1.807) is 6.07 Å². The van der Waals surface area contributed by atoms with Crippen molar-refractivity contribution in [2.24, 2.45) is 0 Å². The van der Waals surface area contributed by atoms with Crippen molar-refractivity contribution in [3.8, 4) is 0 Å². The molecule has 0 aromatic heterocycles. The van der Waals surface area contributed by atoms with E-state index in [4.69, 9.17) is 0 Å². The standard InChI is InChI=1S/C14H9F4NO2/c15-11-7-6-9(14(16,17)18)8-12(11)19(13(20)21)10-4-2-1-3-5-10/h1-8H,(H,20,21). The maximum Gasteiger partial charge on any atom is 0.416 e. The van der Waals surface area contributed by atoms with E-state index in [1.165, 1.54) is 24.3 Å². The van der Waals surface area contributed by atoms with Gasteiger partial charge >= 0.3 is 12.3 Å². The summed E-state index contributed by atoms with van der Waals surface area (Å²) in [6, 6.07) is 8.93. The normalized spacial score (nSPS) is 11.2. The molecule has 2 rings (SSSR count). The number of halogens is 4. The van der Waals surface area contributed by atoms with E-state index in [9.17, 15) is 27.5 Å². The largest absolute Gasteiger partial charge is 0.464 e. The average Bonchev–Trinajstić information content (AvgIpc) is 2.40. The molecule has 2 aromatic carbocycles. The van der Waals surface area contributed by atoms with Gasteiger partial charge in [0.25, 0.3) is 0 Å². The van der Waals surface area contributed by atoms with Crippen molar-refractivity contribution in [2.75, 3.05) is 4.90 Å². The topological polar surface area (TPSA) is 40.5 Å². The van der Waals surface area contributed by atoms with Gasteiger partial charge in [-0.3, -0.25) is 0 Å². The quantitative estimate of drug-likeness (QED) is 0.819. The minimum Gasteiger partial charge on any atom is -0.464 e. The molecule has 0 atom stereocenters. The number of carboxylic acid groups (broad SMARTS) is 1. The molecule has 1 N–H and O–H groups in total. The van der Waals surface area contributed by atoms with Crippen molar-refractivity contribution >= 4 is 17.5 Å². The molecular formula is C14H9F4NO2. The van der Waals surface area contributed by atoms with E-state index in [-0.39, 0.29) is 5.69 Å². The summed E-state index contributed by atoms with van der Waals surface area (Å²) >= 11 is 0. The number of benzene rings is 2. The van der Waals surface area contributed by atoms with Crippen LogP contribution in [0, 0.1) is 5.82 Å². The van der Waals surface area contributed by atoms with E-state index >= 15 is 0 Å². The van der Waals surface area contributed by atoms with Gasteiger partial charge in [0, 0.05) is 0 Å². The molecule has 110 valence electrons. The summed E-state index contributed by atoms with van der Waals surface area (Å²) < 4.78 is 51.8. The van der Waals surface area contributed by atoms with Crippen molar-refractivity contribution in [1.82, 2.24) is 0 Å². The Morgan fingerprint density at radius 3 is 2.19 bits per heavy atom. The Kier molecular flexibility index (Phi) is 3.84. The Balaban J connectivity index is 2.59. The third-order valence-electron chi connectivity index (χ3n) is 2.72. The zero-order valence-corrected chi connectivity index (χ0v) is 10.4. The summed E-state index contributed by atoms with van der Waals surface area (Å²) in [6.45, 7) is 0. The molecule has 21 heavy (non-hydrogen) atoms. The van der Waals surface area contributed by atoms with E-state index in [0.29, 0.717) is 23.1 Å². The van der Waals surface area contributed by atoms with Crippen LogP contribution in [0.15, 0.2) is 48.5 Å². The zero-order chi connectivity index (χ0) is 15.6. The highest BCUT2D eigenvalue weighted by molar-refractivity contribution is 5.95. The number of alkyl halides is 3. The third-order valence-corrected chi connectivity index (χ3v) is 2.72. The summed E-state index contributed by atoms with van der Waals surface area (Å²) in [6.07, 6.45) is -6.28. The van der Waals surface area contributed by atoms with Crippen molar-refractivity contribution < 1.29 is 27.5 Å². The fourth-order valence-electron chi connectivity index (χ4n) is 1.79. The van der Waals surface area contributed by atoms with Crippen LogP contribution in [-0.4, -0.2) is 11.2 Å². The molecule has 1 amide bonds. The number of rotatable bonds is 2. The fourth-order valence-corrected chi connectivity index (χ4v) is 1.79. The number of amides is 1. The molecular weight excluding hydrogens is 290 g/mol. The Labute approximate surface area is 117 Å². The molecule has 0 saturated carbocycles. The smallest absolute Gasteiger partial charge is 0.416 e. The van der Waals surface area contributed by atoms with Crippen LogP contribution >= 0.6 is 0 Å². The van der Waals surface area contributed by atoms with Crippen LogP contribution in [0.2, 0.25) is 0 Å². The molecule has 0 fully saturated rings. The number of nitrogens with zero attached hydrogens (tertiary/aromatic N) is 1. The Morgan fingerprint density at radius 1 is 1.05 bits per heavy atom. The summed E-state index contributed by atoms with van der Waals surface area (Å²) in [5.74, 6) is -1.06. The van der Waals surface area contributed by atoms with E-state index in [2.05, 4.69) is 0 Å². The van der Waals surface area contributed by atoms with Crippen LogP contribution in [0.3, 0.4) is 0 Å². The second kappa shape index (κ2) is 5.43. The number of hydrogen-bond donors (Lipinski definition) is 1. The highest BCUT2D eigenvalue weighted by atomic mass is 19.4. The number of hydrogen-bond acceptors (Lipinski definition) is 1. The third kappa shape index (κ3) is 3.13. The second-order valence-corrected chi connectivity index (χ2v) is 4.12. The lowest BCUT2D eigenvalue weighted by atomic mass is 10.1. The highest BCUT2D eigenvalue weighted by Gasteiger charge is 2.32. The molecule has 0 bridgehead atoms. The summed E-state index contributed by atoms with van der Waals surface area (Å²) in [5.41, 5.74) is -1.76. The lowest BCUT2D eigenvalue weighted by Crippen LogP contribution is -2.25. The Hall–Kier alpha value is -2.57. The molecule has 0 aliphatic carbocycles. The average molecular weight is 299 g/mol. The van der Waals surface area contributed by atoms with Gasteiger partial charge < -0.3 is 5.11 Å². The lowest BCUT2D eigenvalue weighted by Gasteiger charge is -2.21. The minimum atomic E-state index is -4.69. The second-order valence-electron chi connectivity index (χ2n) is 4.12. The van der Waals surface area contributed by atoms with Crippen molar-refractivity contribution in [2.45, 2.75) is 6.18 Å². The number of carbonyl (C=O) groups is 1. The molecule has 0 saturated heterocycles. The SMILES string of the molecule is O=C(O)N(c1ccccc1)c1cc(C(F)(F)F)ccc1F. The van der Waals surface area contributed by atoms with Crippen LogP contribution in [0.5, 0.6) is 0 Å². The predicted octanol–water partition coefficient (Wildman–Crippen LogP) is 4.66. The van der Waals surface area contributed by atoms with Gasteiger partial charge in [0.15, 0.2) is 0 Å². The van der Waals surface area contributed by atoms with Crippen molar-refractivity contribution in [1.29, 1.82) is 0 Å². The Morgan fingerprint density at radius 2 is 1.67 bits per heavy atom. The first-order valence-corrected chi connectivity index (χ1v) is 5.75. The minimum absolute atomic E-state index is 0.0447. The van der Waals surface area contributed by atoms with Gasteiger partial charge in [-0.25, -0.2) is 14.1 Å². The van der Waals surface area contributed by atoms with Crippen LogP contribution in [0.4, 0.5) is 33.7 Å². The lowest BCUT2D eigenvalue weighted by molar-refractivity contribution is -0.137. The van der Waals surface area contributed by atoms with Gasteiger partial charge in [0.1, 0.15) is 5.82 Å². The number of anilines is 2. The molecule has 0 spiro atoms. The molecule has 0 aliphatic rings. The number of para-hydroxylation sites is 1. The summed E-state index contributed by atoms with van der Waals surface area (Å²) in [4.78, 5) is 11.8. The van der Waals surface area contributed by atoms with Gasteiger partial charge in [-0.2, -0.15) is 13.2 Å². The summed E-state index contributed by atoms with van der Waals surface area (Å²) in [7, 11) is 0. The van der Waals surface area contributed by atoms with Crippen LogP contribution in [0.25, 0.3) is 0 Å². The van der Waals surface area contributed by atoms with Crippen LogP contribution in [-0.2, 0) is 6.18 Å². The highest BCUT2D eigenvalue weighted by Crippen LogP contribution is 2.35. The molecule has 7 heteroatoms. The van der Waals surface area contributed by atoms with Gasteiger partial charge in [0.05, 0.1) is 16.9 Å². The molecule has 3 nitrogen and oxygen atoms in total. The predicted molar refractivity (Wildman–Crippen MR) is 68.0 cm³/mol.